The fourth-order valence-electron chi connectivity index (χ4n) is 11.5. The molecule has 0 aliphatic heterocycles. The fraction of sp³-hybridized carbons (Fsp3) is 0.807. The molecule has 102 heavy (non-hydrogen) atoms. The lowest BCUT2D eigenvalue weighted by molar-refractivity contribution is -0.161. The first-order chi connectivity index (χ1) is 49.7. The van der Waals surface area contributed by atoms with Crippen LogP contribution in [-0.4, -0.2) is 96.7 Å². The summed E-state index contributed by atoms with van der Waals surface area (Å²) in [5, 5.41) is 10.6. The minimum atomic E-state index is -4.99. The van der Waals surface area contributed by atoms with E-state index in [0.717, 1.165) is 103 Å². The number of hydrogen-bond donors (Lipinski definition) is 3. The van der Waals surface area contributed by atoms with E-state index in [2.05, 4.69) is 88.5 Å². The summed E-state index contributed by atoms with van der Waals surface area (Å²) >= 11 is 0. The predicted octanol–water partition coefficient (Wildman–Crippen LogP) is 24.0. The van der Waals surface area contributed by atoms with Crippen molar-refractivity contribution in [2.75, 3.05) is 39.6 Å². The summed E-state index contributed by atoms with van der Waals surface area (Å²) in [6, 6.07) is 0. The number of aliphatic hydroxyl groups is 1. The molecule has 0 aromatic heterocycles. The van der Waals surface area contributed by atoms with Crippen LogP contribution in [0.25, 0.3) is 0 Å². The zero-order valence-electron chi connectivity index (χ0n) is 65.0. The van der Waals surface area contributed by atoms with Crippen molar-refractivity contribution in [1.82, 2.24) is 0 Å². The maximum absolute atomic E-state index is 13.1. The van der Waals surface area contributed by atoms with Gasteiger partial charge in [-0.15, -0.1) is 0 Å². The van der Waals surface area contributed by atoms with Crippen LogP contribution in [0, 0.1) is 0 Å². The first-order valence-corrected chi connectivity index (χ1v) is 44.2. The molecular formula is C83H150O17P2. The summed E-state index contributed by atoms with van der Waals surface area (Å²) in [5.41, 5.74) is 0. The molecule has 3 N–H and O–H groups in total. The highest BCUT2D eigenvalue weighted by atomic mass is 31.2. The molecule has 594 valence electrons. The fourth-order valence-corrected chi connectivity index (χ4v) is 13.1. The molecule has 0 heterocycles. The molecule has 0 aliphatic carbocycles. The number of rotatable bonds is 78. The normalized spacial score (nSPS) is 14.2. The van der Waals surface area contributed by atoms with Crippen LogP contribution in [0.15, 0.2) is 72.9 Å². The number of hydrogen-bond acceptors (Lipinski definition) is 15. The third-order valence-electron chi connectivity index (χ3n) is 17.7. The van der Waals surface area contributed by atoms with E-state index < -0.39 is 97.5 Å². The highest BCUT2D eigenvalue weighted by molar-refractivity contribution is 7.47. The molecule has 0 rings (SSSR count). The van der Waals surface area contributed by atoms with Crippen LogP contribution < -0.4 is 0 Å². The highest BCUT2D eigenvalue weighted by Crippen LogP contribution is 2.45. The molecule has 0 amide bonds. The molecule has 0 aliphatic rings. The van der Waals surface area contributed by atoms with E-state index in [1.54, 1.807) is 0 Å². The summed E-state index contributed by atoms with van der Waals surface area (Å²) in [7, 11) is -9.96. The van der Waals surface area contributed by atoms with Crippen molar-refractivity contribution in [3.05, 3.63) is 72.9 Å². The van der Waals surface area contributed by atoms with Crippen molar-refractivity contribution in [3.8, 4) is 0 Å². The van der Waals surface area contributed by atoms with Gasteiger partial charge in [0.25, 0.3) is 0 Å². The van der Waals surface area contributed by atoms with Gasteiger partial charge in [0.1, 0.15) is 19.3 Å². The van der Waals surface area contributed by atoms with E-state index in [0.29, 0.717) is 32.1 Å². The zero-order valence-corrected chi connectivity index (χ0v) is 66.8. The lowest BCUT2D eigenvalue weighted by Crippen LogP contribution is -2.30. The van der Waals surface area contributed by atoms with Gasteiger partial charge in [-0.1, -0.05) is 357 Å². The van der Waals surface area contributed by atoms with Crippen molar-refractivity contribution < 1.29 is 80.2 Å². The number of ether oxygens (including phenoxy) is 4. The van der Waals surface area contributed by atoms with Crippen LogP contribution in [0.2, 0.25) is 0 Å². The van der Waals surface area contributed by atoms with Gasteiger partial charge in [-0.2, -0.15) is 0 Å². The number of unbranched alkanes of at least 4 members (excludes halogenated alkanes) is 40. The monoisotopic (exact) mass is 1480 g/mol. The van der Waals surface area contributed by atoms with Crippen LogP contribution in [0.3, 0.4) is 0 Å². The minimum Gasteiger partial charge on any atom is -0.462 e. The Morgan fingerprint density at radius 3 is 0.784 bits per heavy atom. The van der Waals surface area contributed by atoms with Gasteiger partial charge in [0.15, 0.2) is 12.2 Å². The Morgan fingerprint density at radius 2 is 0.510 bits per heavy atom. The SMILES string of the molecule is CC/C=C\C/C=C\C/C=C\C/C=C\C/C=C\C/C=C\CCC(=O)OC[C@H](COP(=O)(O)OC[C@@H](O)COP(=O)(O)OC[C@@H](COC(=O)CCCCCCCCCCCCCCC)OC(=O)CCCCCCCCCCCCCCCCC)OC(=O)CCCCCCCCCCCCCCCCC. The molecule has 0 radical (unpaired) electrons. The van der Waals surface area contributed by atoms with Crippen molar-refractivity contribution >= 4 is 39.5 Å². The van der Waals surface area contributed by atoms with Crippen LogP contribution in [0.1, 0.15) is 374 Å². The van der Waals surface area contributed by atoms with Crippen LogP contribution in [0.5, 0.6) is 0 Å². The molecule has 2 unspecified atom stereocenters. The number of esters is 4. The molecule has 0 fully saturated rings. The largest absolute Gasteiger partial charge is 0.472 e. The topological polar surface area (TPSA) is 237 Å². The molecule has 0 aromatic carbocycles. The lowest BCUT2D eigenvalue weighted by Gasteiger charge is -2.21. The maximum atomic E-state index is 13.1. The Morgan fingerprint density at radius 1 is 0.284 bits per heavy atom. The molecule has 0 bridgehead atoms. The van der Waals surface area contributed by atoms with Crippen molar-refractivity contribution in [1.29, 1.82) is 0 Å². The maximum Gasteiger partial charge on any atom is 0.472 e. The summed E-state index contributed by atoms with van der Waals surface area (Å²) in [5.74, 6) is -2.23. The minimum absolute atomic E-state index is 0.0405. The second kappa shape index (κ2) is 75.7. The predicted molar refractivity (Wildman–Crippen MR) is 418 cm³/mol. The summed E-state index contributed by atoms with van der Waals surface area (Å²) < 4.78 is 68.6. The van der Waals surface area contributed by atoms with Gasteiger partial charge in [-0.3, -0.25) is 37.3 Å². The van der Waals surface area contributed by atoms with Gasteiger partial charge in [-0.25, -0.2) is 9.13 Å². The average molecular weight is 1480 g/mol. The van der Waals surface area contributed by atoms with Gasteiger partial charge in [-0.05, 0) is 64.2 Å². The van der Waals surface area contributed by atoms with Crippen molar-refractivity contribution in [2.24, 2.45) is 0 Å². The zero-order chi connectivity index (χ0) is 74.6. The summed E-state index contributed by atoms with van der Waals surface area (Å²) in [6.07, 6.45) is 77.4. The highest BCUT2D eigenvalue weighted by Gasteiger charge is 2.30. The first kappa shape index (κ1) is 98.5. The average Bonchev–Trinajstić information content (AvgIpc) is 0.920. The first-order valence-electron chi connectivity index (χ1n) is 41.2. The second-order valence-electron chi connectivity index (χ2n) is 27.7. The molecule has 0 aromatic rings. The van der Waals surface area contributed by atoms with Gasteiger partial charge >= 0.3 is 39.5 Å². The van der Waals surface area contributed by atoms with Crippen LogP contribution in [0.4, 0.5) is 0 Å². The third kappa shape index (κ3) is 74.8. The standard InChI is InChI=1S/C83H150O17P2/c1-5-9-13-17-21-25-29-33-36-37-38-39-42-44-48-52-56-60-64-68-81(86)94-74-79(100-83(88)70-66-62-58-54-50-46-41-35-31-27-23-19-15-11-7-3)76-98-102(91,92)96-72-77(84)71-95-101(89,90)97-75-78(73-93-80(85)67-63-59-55-51-47-43-32-28-24-20-16-12-8-4)99-82(87)69-65-61-57-53-49-45-40-34-30-26-22-18-14-10-6-2/h9,13,21,25,33,36,38-39,44,48,56,60,77-79,84H,5-8,10-12,14-20,22-24,26-32,34-35,37,40-43,45-47,49-55,57-59,61-76H2,1-4H3,(H,89,90)(H,91,92)/b13-9-,25-21-,36-33-,39-38-,48-44-,60-56-/t77-,78+,79+/m0/s1. The van der Waals surface area contributed by atoms with Crippen molar-refractivity contribution in [3.63, 3.8) is 0 Å². The van der Waals surface area contributed by atoms with Gasteiger partial charge in [0.2, 0.25) is 0 Å². The lowest BCUT2D eigenvalue weighted by atomic mass is 10.0. The Labute approximate surface area is 622 Å². The van der Waals surface area contributed by atoms with E-state index in [-0.39, 0.29) is 25.7 Å². The summed E-state index contributed by atoms with van der Waals surface area (Å²) in [4.78, 5) is 73.0. The Balaban J connectivity index is 5.37. The molecular weight excluding hydrogens is 1330 g/mol. The smallest absolute Gasteiger partial charge is 0.462 e. The van der Waals surface area contributed by atoms with E-state index in [1.165, 1.54) is 186 Å². The number of carbonyl (C=O) groups excluding carboxylic acids is 4. The van der Waals surface area contributed by atoms with Gasteiger partial charge in [0, 0.05) is 25.7 Å². The summed E-state index contributed by atoms with van der Waals surface area (Å²) in [6.45, 7) is 4.77. The third-order valence-corrected chi connectivity index (χ3v) is 19.6. The molecule has 0 saturated heterocycles. The molecule has 0 spiro atoms. The number of aliphatic hydroxyl groups excluding tert-OH is 1. The van der Waals surface area contributed by atoms with Crippen molar-refractivity contribution in [2.45, 2.75) is 393 Å². The molecule has 5 atom stereocenters. The number of phosphoric ester groups is 2. The van der Waals surface area contributed by atoms with Gasteiger partial charge in [0.05, 0.1) is 26.4 Å². The van der Waals surface area contributed by atoms with E-state index in [4.69, 9.17) is 37.0 Å². The molecule has 17 nitrogen and oxygen atoms in total. The van der Waals surface area contributed by atoms with E-state index in [9.17, 15) is 43.2 Å². The quantitative estimate of drug-likeness (QED) is 0.0169. The van der Waals surface area contributed by atoms with Crippen LogP contribution >= 0.6 is 15.6 Å². The molecule has 19 heteroatoms. The van der Waals surface area contributed by atoms with E-state index in [1.807, 2.05) is 12.2 Å². The Kier molecular flexibility index (Phi) is 73.1. The second-order valence-corrected chi connectivity index (χ2v) is 30.6. The number of allylic oxidation sites excluding steroid dienone is 12. The number of phosphoric acid groups is 2. The Bertz CT molecular complexity index is 2210. The van der Waals surface area contributed by atoms with Crippen LogP contribution in [-0.2, 0) is 65.4 Å². The van der Waals surface area contributed by atoms with Gasteiger partial charge < -0.3 is 33.8 Å². The van der Waals surface area contributed by atoms with E-state index >= 15 is 0 Å². The number of carbonyl (C=O) groups is 4. The molecule has 0 saturated carbocycles. The Hall–Kier alpha value is -3.50.